The van der Waals surface area contributed by atoms with E-state index < -0.39 is 21.8 Å². The number of benzene rings is 3. The van der Waals surface area contributed by atoms with E-state index in [0.29, 0.717) is 27.6 Å². The number of aromatic nitrogens is 2. The number of nitrogens with one attached hydrogen (secondary N) is 1. The molecule has 2 heterocycles. The normalized spacial score (nSPS) is 13.4. The van der Waals surface area contributed by atoms with Gasteiger partial charge in [-0.15, -0.1) is 0 Å². The zero-order valence-corrected chi connectivity index (χ0v) is 17.2. The summed E-state index contributed by atoms with van der Waals surface area (Å²) >= 11 is 0. The monoisotopic (exact) mass is 445 g/mol. The molecular weight excluding hydrogens is 430 g/mol. The summed E-state index contributed by atoms with van der Waals surface area (Å²) in [6, 6.07) is 15.3. The van der Waals surface area contributed by atoms with Crippen molar-refractivity contribution in [1.82, 2.24) is 9.97 Å². The Kier molecular flexibility index (Phi) is 4.38. The van der Waals surface area contributed by atoms with Crippen LogP contribution < -0.4 is 15.4 Å². The summed E-state index contributed by atoms with van der Waals surface area (Å²) in [6.45, 7) is 0. The summed E-state index contributed by atoms with van der Waals surface area (Å²) in [5.74, 6) is -1.09. The Morgan fingerprint density at radius 2 is 1.47 bits per heavy atom. The van der Waals surface area contributed by atoms with Gasteiger partial charge in [-0.1, -0.05) is 12.1 Å². The Labute approximate surface area is 182 Å². The molecule has 0 radical (unpaired) electrons. The smallest absolute Gasteiger partial charge is 0.265 e. The Hall–Kier alpha value is -4.31. The molecule has 10 heteroatoms. The van der Waals surface area contributed by atoms with Crippen LogP contribution in [-0.2, 0) is 10.0 Å². The molecule has 32 heavy (non-hydrogen) atoms. The highest BCUT2D eigenvalue weighted by atomic mass is 32.2. The van der Waals surface area contributed by atoms with Crippen molar-refractivity contribution in [3.8, 4) is 0 Å². The lowest BCUT2D eigenvalue weighted by Crippen LogP contribution is -2.40. The number of carbonyl (C=O) groups is 2. The van der Waals surface area contributed by atoms with Gasteiger partial charge in [-0.05, 0) is 48.5 Å². The first-order valence-electron chi connectivity index (χ1n) is 9.47. The van der Waals surface area contributed by atoms with Gasteiger partial charge in [0.25, 0.3) is 21.8 Å². The van der Waals surface area contributed by atoms with Crippen molar-refractivity contribution in [2.75, 3.05) is 15.4 Å². The molecule has 158 valence electrons. The number of hydrogen-bond donors (Lipinski definition) is 2. The first kappa shape index (κ1) is 19.6. The third-order valence-electron chi connectivity index (χ3n) is 5.14. The number of sulfonamides is 1. The molecule has 5 rings (SSSR count). The van der Waals surface area contributed by atoms with E-state index in [1.54, 1.807) is 36.4 Å². The number of nitrogens with two attached hydrogens (primary N) is 1. The summed E-state index contributed by atoms with van der Waals surface area (Å²) in [5.41, 5.74) is 7.44. The largest absolute Gasteiger partial charge is 0.398 e. The van der Waals surface area contributed by atoms with E-state index in [1.807, 2.05) is 0 Å². The van der Waals surface area contributed by atoms with Gasteiger partial charge in [-0.3, -0.25) is 9.59 Å². The van der Waals surface area contributed by atoms with E-state index in [1.165, 1.54) is 36.7 Å². The number of amides is 2. The molecule has 1 aliphatic heterocycles. The quantitative estimate of drug-likeness (QED) is 0.364. The first-order chi connectivity index (χ1) is 15.4. The Morgan fingerprint density at radius 1 is 0.812 bits per heavy atom. The van der Waals surface area contributed by atoms with Crippen LogP contribution in [0.1, 0.15) is 20.7 Å². The molecule has 9 nitrogen and oxygen atoms in total. The van der Waals surface area contributed by atoms with Crippen molar-refractivity contribution >= 4 is 49.9 Å². The Morgan fingerprint density at radius 3 is 2.16 bits per heavy atom. The minimum atomic E-state index is -3.95. The summed E-state index contributed by atoms with van der Waals surface area (Å²) in [4.78, 5) is 35.0. The summed E-state index contributed by atoms with van der Waals surface area (Å²) < 4.78 is 27.5. The van der Waals surface area contributed by atoms with Gasteiger partial charge in [-0.2, -0.15) is 0 Å². The Bertz CT molecular complexity index is 1480. The van der Waals surface area contributed by atoms with Crippen LogP contribution in [-0.4, -0.2) is 30.2 Å². The van der Waals surface area contributed by atoms with Crippen LogP contribution in [0.5, 0.6) is 0 Å². The lowest BCUT2D eigenvalue weighted by Gasteiger charge is -2.27. The van der Waals surface area contributed by atoms with Gasteiger partial charge in [0.05, 0.1) is 10.6 Å². The maximum atomic E-state index is 13.2. The number of anilines is 3. The zero-order chi connectivity index (χ0) is 22.5. The van der Waals surface area contributed by atoms with E-state index in [-0.39, 0.29) is 16.5 Å². The summed E-state index contributed by atoms with van der Waals surface area (Å²) in [5, 5.41) is 1.15. The third-order valence-corrected chi connectivity index (χ3v) is 6.48. The highest BCUT2D eigenvalue weighted by Gasteiger charge is 2.34. The molecule has 0 unspecified atom stereocenters. The van der Waals surface area contributed by atoms with Crippen LogP contribution in [0, 0.1) is 0 Å². The van der Waals surface area contributed by atoms with Crippen molar-refractivity contribution in [1.29, 1.82) is 0 Å². The first-order valence-corrected chi connectivity index (χ1v) is 10.9. The van der Waals surface area contributed by atoms with Crippen LogP contribution in [0.3, 0.4) is 0 Å². The van der Waals surface area contributed by atoms with Crippen LogP contribution in [0.15, 0.2) is 78.0 Å². The number of rotatable bonds is 4. The molecule has 0 bridgehead atoms. The highest BCUT2D eigenvalue weighted by molar-refractivity contribution is 7.92. The number of hydrogen-bond acceptors (Lipinski definition) is 7. The van der Waals surface area contributed by atoms with E-state index in [9.17, 15) is 18.0 Å². The molecular formula is C22H15N5O4S. The second kappa shape index (κ2) is 7.13. The molecule has 4 aromatic rings. The van der Waals surface area contributed by atoms with E-state index in [2.05, 4.69) is 14.7 Å². The van der Waals surface area contributed by atoms with Crippen molar-refractivity contribution < 1.29 is 18.0 Å². The number of nitrogen functional groups attached to an aromatic ring is 1. The van der Waals surface area contributed by atoms with E-state index >= 15 is 0 Å². The number of nitrogens with zero attached hydrogens (tertiary/aromatic N) is 3. The molecule has 0 spiro atoms. The molecule has 0 aliphatic carbocycles. The molecule has 0 atom stereocenters. The predicted octanol–water partition coefficient (Wildman–Crippen LogP) is 2.81. The van der Waals surface area contributed by atoms with Crippen molar-refractivity contribution in [2.24, 2.45) is 0 Å². The fourth-order valence-corrected chi connectivity index (χ4v) is 4.62. The van der Waals surface area contributed by atoms with Gasteiger partial charge in [0.1, 0.15) is 0 Å². The van der Waals surface area contributed by atoms with E-state index in [4.69, 9.17) is 5.73 Å². The maximum Gasteiger partial charge on any atom is 0.265 e. The van der Waals surface area contributed by atoms with Gasteiger partial charge in [0.15, 0.2) is 0 Å². The standard InChI is InChI=1S/C22H15N5O4S/c23-18-10-9-17-19-15(18)3-1-4-16(19)20(28)27(21(17)29)13-5-7-14(8-6-13)32(30,31)26-22-24-11-2-12-25-22/h1-12H,23H2,(H,24,25,26). The lowest BCUT2D eigenvalue weighted by molar-refractivity contribution is 0.0893. The average Bonchev–Trinajstić information content (AvgIpc) is 2.79. The minimum Gasteiger partial charge on any atom is -0.398 e. The van der Waals surface area contributed by atoms with Crippen molar-refractivity contribution in [3.05, 3.63) is 84.2 Å². The average molecular weight is 445 g/mol. The van der Waals surface area contributed by atoms with Gasteiger partial charge in [-0.25, -0.2) is 28.0 Å². The predicted molar refractivity (Wildman–Crippen MR) is 119 cm³/mol. The zero-order valence-electron chi connectivity index (χ0n) is 16.4. The number of carbonyl (C=O) groups excluding carboxylic acids is 2. The molecule has 0 saturated heterocycles. The summed E-state index contributed by atoms with van der Waals surface area (Å²) in [6.07, 6.45) is 2.82. The van der Waals surface area contributed by atoms with Crippen molar-refractivity contribution in [3.63, 3.8) is 0 Å². The molecule has 0 saturated carbocycles. The molecule has 0 fully saturated rings. The minimum absolute atomic E-state index is 0.0677. The SMILES string of the molecule is Nc1ccc2c3c(cccc13)C(=O)N(c1ccc(S(=O)(=O)Nc3ncccn3)cc1)C2=O. The fourth-order valence-electron chi connectivity index (χ4n) is 3.66. The Balaban J connectivity index is 1.51. The van der Waals surface area contributed by atoms with Crippen LogP contribution in [0.25, 0.3) is 10.8 Å². The molecule has 3 N–H and O–H groups in total. The molecule has 2 amide bonds. The second-order valence-corrected chi connectivity index (χ2v) is 8.73. The van der Waals surface area contributed by atoms with Crippen molar-refractivity contribution in [2.45, 2.75) is 4.90 Å². The lowest BCUT2D eigenvalue weighted by atomic mass is 9.93. The number of imide groups is 1. The van der Waals surface area contributed by atoms with Crippen LogP contribution >= 0.6 is 0 Å². The topological polar surface area (TPSA) is 135 Å². The molecule has 3 aromatic carbocycles. The third kappa shape index (κ3) is 3.05. The van der Waals surface area contributed by atoms with Gasteiger partial charge in [0, 0.05) is 40.0 Å². The van der Waals surface area contributed by atoms with E-state index in [0.717, 1.165) is 4.90 Å². The highest BCUT2D eigenvalue weighted by Crippen LogP contribution is 2.35. The van der Waals surface area contributed by atoms with Crippen LogP contribution in [0.4, 0.5) is 17.3 Å². The molecule has 1 aromatic heterocycles. The maximum absolute atomic E-state index is 13.2. The fraction of sp³-hybridized carbons (Fsp3) is 0. The van der Waals surface area contributed by atoms with Crippen LogP contribution in [0.2, 0.25) is 0 Å². The second-order valence-electron chi connectivity index (χ2n) is 7.05. The van der Waals surface area contributed by atoms with Gasteiger partial charge < -0.3 is 5.73 Å². The van der Waals surface area contributed by atoms with Gasteiger partial charge >= 0.3 is 0 Å². The molecule has 1 aliphatic rings. The summed E-state index contributed by atoms with van der Waals surface area (Å²) in [7, 11) is -3.95. The van der Waals surface area contributed by atoms with Gasteiger partial charge in [0.2, 0.25) is 5.95 Å².